The van der Waals surface area contributed by atoms with Crippen LogP contribution in [0.4, 0.5) is 0 Å². The Morgan fingerprint density at radius 2 is 1.91 bits per heavy atom. The van der Waals surface area contributed by atoms with E-state index in [0.717, 1.165) is 34.2 Å². The van der Waals surface area contributed by atoms with Crippen molar-refractivity contribution in [2.45, 2.75) is 71.3 Å². The summed E-state index contributed by atoms with van der Waals surface area (Å²) in [6.45, 7) is 6.18. The maximum atomic E-state index is 12.6. The van der Waals surface area contributed by atoms with Gasteiger partial charge in [-0.05, 0) is 19.8 Å². The third kappa shape index (κ3) is 2.89. The highest BCUT2D eigenvalue weighted by Gasteiger charge is 2.23. The number of thiazole rings is 1. The fourth-order valence-electron chi connectivity index (χ4n) is 3.19. The molecule has 0 bridgehead atoms. The number of rotatable bonds is 3. The number of amides is 1. The molecule has 1 N–H and O–H groups in total. The van der Waals surface area contributed by atoms with Crippen molar-refractivity contribution in [1.82, 2.24) is 19.9 Å². The second-order valence-corrected chi connectivity index (χ2v) is 7.49. The molecule has 0 spiro atoms. The quantitative estimate of drug-likeness (QED) is 0.878. The molecule has 1 aliphatic carbocycles. The summed E-state index contributed by atoms with van der Waals surface area (Å²) in [4.78, 5) is 14.2. The molecule has 2 aromatic heterocycles. The molecule has 120 valence electrons. The molecule has 1 aliphatic rings. The molecule has 0 unspecified atom stereocenters. The highest BCUT2D eigenvalue weighted by Crippen LogP contribution is 2.26. The molecule has 2 aromatic rings. The number of aromatic nitrogens is 3. The van der Waals surface area contributed by atoms with Crippen LogP contribution >= 0.6 is 11.3 Å². The second kappa shape index (κ2) is 6.36. The lowest BCUT2D eigenvalue weighted by Gasteiger charge is -2.15. The van der Waals surface area contributed by atoms with Gasteiger partial charge >= 0.3 is 0 Å². The van der Waals surface area contributed by atoms with Crippen LogP contribution in [0, 0.1) is 6.92 Å². The van der Waals surface area contributed by atoms with E-state index in [1.165, 1.54) is 37.0 Å². The van der Waals surface area contributed by atoms with E-state index in [0.29, 0.717) is 12.0 Å². The molecule has 1 amide bonds. The molecular weight excluding hydrogens is 296 g/mol. The lowest BCUT2D eigenvalue weighted by molar-refractivity contribution is 0.0936. The van der Waals surface area contributed by atoms with Crippen LogP contribution in [0.15, 0.2) is 0 Å². The number of hydrogen-bond acceptors (Lipinski definition) is 4. The summed E-state index contributed by atoms with van der Waals surface area (Å²) in [5, 5.41) is 11.7. The molecule has 3 rings (SSSR count). The Kier molecular flexibility index (Phi) is 4.47. The highest BCUT2D eigenvalue weighted by molar-refractivity contribution is 7.19. The van der Waals surface area contributed by atoms with E-state index in [4.69, 9.17) is 0 Å². The third-order valence-electron chi connectivity index (χ3n) is 4.43. The monoisotopic (exact) mass is 320 g/mol. The van der Waals surface area contributed by atoms with Crippen LogP contribution in [0.2, 0.25) is 0 Å². The first kappa shape index (κ1) is 15.5. The minimum absolute atomic E-state index is 0.0506. The molecule has 2 heterocycles. The first-order chi connectivity index (χ1) is 10.6. The topological polar surface area (TPSA) is 59.3 Å². The van der Waals surface area contributed by atoms with Crippen LogP contribution in [0.1, 0.15) is 79.5 Å². The van der Waals surface area contributed by atoms with Gasteiger partial charge in [-0.3, -0.25) is 9.20 Å². The van der Waals surface area contributed by atoms with E-state index < -0.39 is 0 Å². The highest BCUT2D eigenvalue weighted by atomic mass is 32.1. The molecule has 0 saturated heterocycles. The van der Waals surface area contributed by atoms with Gasteiger partial charge in [0.15, 0.2) is 0 Å². The van der Waals surface area contributed by atoms with Crippen molar-refractivity contribution in [2.75, 3.05) is 0 Å². The number of nitrogens with one attached hydrogen (secondary N) is 1. The smallest absolute Gasteiger partial charge is 0.263 e. The van der Waals surface area contributed by atoms with Gasteiger partial charge in [-0.15, -0.1) is 10.2 Å². The number of aryl methyl sites for hydroxylation is 1. The Morgan fingerprint density at radius 3 is 2.55 bits per heavy atom. The van der Waals surface area contributed by atoms with Gasteiger partial charge in [0.05, 0.1) is 0 Å². The summed E-state index contributed by atoms with van der Waals surface area (Å²) in [6.07, 6.45) is 7.24. The van der Waals surface area contributed by atoms with E-state index in [9.17, 15) is 4.79 Å². The second-order valence-electron chi connectivity index (χ2n) is 6.51. The summed E-state index contributed by atoms with van der Waals surface area (Å²) in [5.41, 5.74) is 0.958. The predicted octanol–water partition coefficient (Wildman–Crippen LogP) is 3.68. The summed E-state index contributed by atoms with van der Waals surface area (Å²) in [7, 11) is 0. The molecule has 1 saturated carbocycles. The summed E-state index contributed by atoms with van der Waals surface area (Å²) >= 11 is 1.44. The minimum Gasteiger partial charge on any atom is -0.349 e. The molecule has 6 heteroatoms. The van der Waals surface area contributed by atoms with Crippen LogP contribution in [0.25, 0.3) is 4.96 Å². The van der Waals surface area contributed by atoms with Crippen LogP contribution in [0.5, 0.6) is 0 Å². The van der Waals surface area contributed by atoms with E-state index >= 15 is 0 Å². The Morgan fingerprint density at radius 1 is 1.23 bits per heavy atom. The van der Waals surface area contributed by atoms with E-state index in [1.54, 1.807) is 0 Å². The number of carbonyl (C=O) groups excluding carboxylic acids is 1. The number of carbonyl (C=O) groups is 1. The van der Waals surface area contributed by atoms with Crippen LogP contribution < -0.4 is 5.32 Å². The zero-order chi connectivity index (χ0) is 15.7. The summed E-state index contributed by atoms with van der Waals surface area (Å²) < 4.78 is 2.03. The Hall–Kier alpha value is -1.43. The molecule has 22 heavy (non-hydrogen) atoms. The van der Waals surface area contributed by atoms with E-state index in [2.05, 4.69) is 29.4 Å². The standard InChI is InChI=1S/C16H24N4OS/c1-10(2)14-18-19-16-20(14)11(3)13(22-16)15(21)17-12-8-6-4-5-7-9-12/h10,12H,4-9H2,1-3H3,(H,17,21). The van der Waals surface area contributed by atoms with Crippen LogP contribution in [-0.4, -0.2) is 26.5 Å². The van der Waals surface area contributed by atoms with E-state index in [-0.39, 0.29) is 5.91 Å². The van der Waals surface area contributed by atoms with Gasteiger partial charge in [-0.1, -0.05) is 50.9 Å². The van der Waals surface area contributed by atoms with Gasteiger partial charge in [0, 0.05) is 17.7 Å². The largest absolute Gasteiger partial charge is 0.349 e. The summed E-state index contributed by atoms with van der Waals surface area (Å²) in [5.74, 6) is 1.27. The van der Waals surface area contributed by atoms with Gasteiger partial charge in [0.25, 0.3) is 5.91 Å². The minimum atomic E-state index is 0.0506. The molecule has 0 aromatic carbocycles. The average molecular weight is 320 g/mol. The average Bonchev–Trinajstić information content (AvgIpc) is 2.92. The molecule has 5 nitrogen and oxygen atoms in total. The normalized spacial score (nSPS) is 17.1. The van der Waals surface area contributed by atoms with E-state index in [1.807, 2.05) is 11.3 Å². The van der Waals surface area contributed by atoms with Crippen LogP contribution in [0.3, 0.4) is 0 Å². The zero-order valence-corrected chi connectivity index (χ0v) is 14.4. The zero-order valence-electron chi connectivity index (χ0n) is 13.6. The van der Waals surface area contributed by atoms with Gasteiger partial charge in [0.2, 0.25) is 4.96 Å². The van der Waals surface area contributed by atoms with Crippen molar-refractivity contribution >= 4 is 22.2 Å². The van der Waals surface area contributed by atoms with Crippen molar-refractivity contribution in [3.8, 4) is 0 Å². The Balaban J connectivity index is 1.83. The van der Waals surface area contributed by atoms with Gasteiger partial charge in [-0.25, -0.2) is 0 Å². The summed E-state index contributed by atoms with van der Waals surface area (Å²) in [6, 6.07) is 0.325. The fraction of sp³-hybridized carbons (Fsp3) is 0.688. The maximum Gasteiger partial charge on any atom is 0.263 e. The lowest BCUT2D eigenvalue weighted by atomic mass is 10.1. The molecule has 0 radical (unpaired) electrons. The Labute approximate surface area is 135 Å². The molecular formula is C16H24N4OS. The SMILES string of the molecule is Cc1c(C(=O)NC2CCCCCC2)sc2nnc(C(C)C)n12. The van der Waals surface area contributed by atoms with Crippen molar-refractivity contribution < 1.29 is 4.79 Å². The molecule has 0 atom stereocenters. The predicted molar refractivity (Wildman–Crippen MR) is 88.6 cm³/mol. The van der Waals surface area contributed by atoms with Gasteiger partial charge in [0.1, 0.15) is 10.7 Å². The first-order valence-electron chi connectivity index (χ1n) is 8.23. The van der Waals surface area contributed by atoms with Crippen LogP contribution in [-0.2, 0) is 0 Å². The van der Waals surface area contributed by atoms with Crippen molar-refractivity contribution in [2.24, 2.45) is 0 Å². The lowest BCUT2D eigenvalue weighted by Crippen LogP contribution is -2.34. The fourth-order valence-corrected chi connectivity index (χ4v) is 4.17. The Bertz CT molecular complexity index is 665. The molecule has 0 aliphatic heterocycles. The van der Waals surface area contributed by atoms with Crippen molar-refractivity contribution in [3.05, 3.63) is 16.4 Å². The van der Waals surface area contributed by atoms with Gasteiger partial charge < -0.3 is 5.32 Å². The number of hydrogen-bond donors (Lipinski definition) is 1. The van der Waals surface area contributed by atoms with Crippen molar-refractivity contribution in [3.63, 3.8) is 0 Å². The number of nitrogens with zero attached hydrogens (tertiary/aromatic N) is 3. The number of fused-ring (bicyclic) bond motifs is 1. The van der Waals surface area contributed by atoms with Gasteiger partial charge in [-0.2, -0.15) is 0 Å². The third-order valence-corrected chi connectivity index (χ3v) is 5.56. The maximum absolute atomic E-state index is 12.6. The first-order valence-corrected chi connectivity index (χ1v) is 9.05. The molecule has 1 fully saturated rings. The van der Waals surface area contributed by atoms with Crippen molar-refractivity contribution in [1.29, 1.82) is 0 Å².